The van der Waals surface area contributed by atoms with Crippen LogP contribution in [0.15, 0.2) is 0 Å². The first-order valence-corrected chi connectivity index (χ1v) is 6.46. The highest BCUT2D eigenvalue weighted by Crippen LogP contribution is 2.14. The van der Waals surface area contributed by atoms with Crippen LogP contribution in [0.2, 0.25) is 0 Å². The maximum Gasteiger partial charge on any atom is 0.237 e. The van der Waals surface area contributed by atoms with Gasteiger partial charge >= 0.3 is 0 Å². The Morgan fingerprint density at radius 2 is 2.12 bits per heavy atom. The minimum absolute atomic E-state index is 0.0594. The molecule has 1 fully saturated rings. The van der Waals surface area contributed by atoms with Gasteiger partial charge < -0.3 is 5.32 Å². The Labute approximate surface area is 104 Å². The van der Waals surface area contributed by atoms with Crippen molar-refractivity contribution in [2.45, 2.75) is 40.2 Å². The van der Waals surface area contributed by atoms with Crippen molar-refractivity contribution < 1.29 is 9.59 Å². The number of ketones is 1. The number of amides is 1. The van der Waals surface area contributed by atoms with E-state index in [0.717, 1.165) is 0 Å². The van der Waals surface area contributed by atoms with Crippen LogP contribution in [0.25, 0.3) is 0 Å². The molecule has 17 heavy (non-hydrogen) atoms. The van der Waals surface area contributed by atoms with Crippen molar-refractivity contribution in [3.63, 3.8) is 0 Å². The Morgan fingerprint density at radius 1 is 1.47 bits per heavy atom. The molecule has 0 aliphatic carbocycles. The van der Waals surface area contributed by atoms with Gasteiger partial charge in [-0.1, -0.05) is 20.8 Å². The number of hydrogen-bond donors (Lipinski definition) is 1. The molecule has 1 heterocycles. The first-order valence-electron chi connectivity index (χ1n) is 6.46. The van der Waals surface area contributed by atoms with E-state index in [-0.39, 0.29) is 17.9 Å². The van der Waals surface area contributed by atoms with Gasteiger partial charge in [0.05, 0.1) is 6.04 Å². The van der Waals surface area contributed by atoms with Crippen molar-refractivity contribution in [2.75, 3.05) is 19.6 Å². The van der Waals surface area contributed by atoms with E-state index in [4.69, 9.17) is 0 Å². The predicted octanol–water partition coefficient (Wildman–Crippen LogP) is 1.06. The van der Waals surface area contributed by atoms with Gasteiger partial charge in [0.15, 0.2) is 0 Å². The molecule has 0 spiro atoms. The standard InChI is InChI=1S/C13H24N2O2/c1-9(2)7-14-13(17)11(4)15-6-5-12(16)10(3)8-15/h9-11H,5-8H2,1-4H3,(H,14,17). The van der Waals surface area contributed by atoms with E-state index >= 15 is 0 Å². The lowest BCUT2D eigenvalue weighted by Crippen LogP contribution is -2.51. The summed E-state index contributed by atoms with van der Waals surface area (Å²) >= 11 is 0. The van der Waals surface area contributed by atoms with Crippen molar-refractivity contribution in [3.05, 3.63) is 0 Å². The van der Waals surface area contributed by atoms with E-state index in [1.165, 1.54) is 0 Å². The third-order valence-electron chi connectivity index (χ3n) is 3.32. The highest BCUT2D eigenvalue weighted by molar-refractivity contribution is 5.83. The molecule has 2 atom stereocenters. The van der Waals surface area contributed by atoms with E-state index in [1.807, 2.05) is 13.8 Å². The average molecular weight is 240 g/mol. The molecule has 0 aromatic heterocycles. The zero-order chi connectivity index (χ0) is 13.0. The Morgan fingerprint density at radius 3 is 2.65 bits per heavy atom. The smallest absolute Gasteiger partial charge is 0.237 e. The second-order valence-electron chi connectivity index (χ2n) is 5.43. The number of carbonyl (C=O) groups is 2. The van der Waals surface area contributed by atoms with Gasteiger partial charge in [-0.3, -0.25) is 14.5 Å². The molecular formula is C13H24N2O2. The summed E-state index contributed by atoms with van der Waals surface area (Å²) < 4.78 is 0. The summed E-state index contributed by atoms with van der Waals surface area (Å²) in [5.74, 6) is 0.911. The van der Waals surface area contributed by atoms with Crippen LogP contribution in [0, 0.1) is 11.8 Å². The van der Waals surface area contributed by atoms with Gasteiger partial charge in [0.2, 0.25) is 5.91 Å². The molecule has 0 saturated carbocycles. The van der Waals surface area contributed by atoms with Crippen molar-refractivity contribution in [2.24, 2.45) is 11.8 Å². The van der Waals surface area contributed by atoms with Gasteiger partial charge in [0, 0.05) is 32.0 Å². The largest absolute Gasteiger partial charge is 0.354 e. The lowest BCUT2D eigenvalue weighted by molar-refractivity contribution is -0.132. The maximum atomic E-state index is 11.9. The molecular weight excluding hydrogens is 216 g/mol. The number of hydrogen-bond acceptors (Lipinski definition) is 3. The molecule has 2 unspecified atom stereocenters. The van der Waals surface area contributed by atoms with E-state index < -0.39 is 0 Å². The highest BCUT2D eigenvalue weighted by Gasteiger charge is 2.29. The van der Waals surface area contributed by atoms with Crippen LogP contribution in [0.4, 0.5) is 0 Å². The molecule has 0 bridgehead atoms. The zero-order valence-electron chi connectivity index (χ0n) is 11.3. The van der Waals surface area contributed by atoms with Crippen LogP contribution >= 0.6 is 0 Å². The van der Waals surface area contributed by atoms with Crippen molar-refractivity contribution in [3.8, 4) is 0 Å². The summed E-state index contributed by atoms with van der Waals surface area (Å²) in [4.78, 5) is 25.4. The number of piperidine rings is 1. The minimum atomic E-state index is -0.135. The molecule has 1 N–H and O–H groups in total. The second kappa shape index (κ2) is 6.15. The van der Waals surface area contributed by atoms with E-state index in [0.29, 0.717) is 37.8 Å². The van der Waals surface area contributed by atoms with Gasteiger partial charge in [-0.05, 0) is 12.8 Å². The summed E-state index contributed by atoms with van der Waals surface area (Å²) in [7, 11) is 0. The van der Waals surface area contributed by atoms with Gasteiger partial charge in [-0.2, -0.15) is 0 Å². The SMILES string of the molecule is CC(C)CNC(=O)C(C)N1CCC(=O)C(C)C1. The quantitative estimate of drug-likeness (QED) is 0.799. The molecule has 1 aliphatic rings. The van der Waals surface area contributed by atoms with Crippen LogP contribution in [-0.2, 0) is 9.59 Å². The molecule has 1 amide bonds. The van der Waals surface area contributed by atoms with Gasteiger partial charge in [0.25, 0.3) is 0 Å². The normalized spacial score (nSPS) is 23.8. The zero-order valence-corrected chi connectivity index (χ0v) is 11.3. The molecule has 1 aliphatic heterocycles. The Balaban J connectivity index is 2.44. The average Bonchev–Trinajstić information content (AvgIpc) is 2.28. The monoisotopic (exact) mass is 240 g/mol. The van der Waals surface area contributed by atoms with Gasteiger partial charge in [0.1, 0.15) is 5.78 Å². The fourth-order valence-electron chi connectivity index (χ4n) is 2.02. The summed E-state index contributed by atoms with van der Waals surface area (Å²) in [5.41, 5.74) is 0. The first kappa shape index (κ1) is 14.2. The summed E-state index contributed by atoms with van der Waals surface area (Å²) in [6.07, 6.45) is 0.572. The second-order valence-corrected chi connectivity index (χ2v) is 5.43. The Kier molecular flexibility index (Phi) is 5.12. The molecule has 0 radical (unpaired) electrons. The molecule has 0 aromatic rings. The number of rotatable bonds is 4. The lowest BCUT2D eigenvalue weighted by atomic mass is 9.97. The third-order valence-corrected chi connectivity index (χ3v) is 3.32. The number of nitrogens with zero attached hydrogens (tertiary/aromatic N) is 1. The molecule has 1 saturated heterocycles. The number of carbonyl (C=O) groups excluding carboxylic acids is 2. The number of nitrogens with one attached hydrogen (secondary N) is 1. The fraction of sp³-hybridized carbons (Fsp3) is 0.846. The summed E-state index contributed by atoms with van der Waals surface area (Å²) in [6.45, 7) is 10.1. The molecule has 1 rings (SSSR count). The maximum absolute atomic E-state index is 11.9. The summed E-state index contributed by atoms with van der Waals surface area (Å²) in [6, 6.07) is -0.135. The Bertz CT molecular complexity index is 289. The lowest BCUT2D eigenvalue weighted by Gasteiger charge is -2.34. The third kappa shape index (κ3) is 4.11. The molecule has 98 valence electrons. The fourth-order valence-corrected chi connectivity index (χ4v) is 2.02. The van der Waals surface area contributed by atoms with E-state index in [1.54, 1.807) is 0 Å². The van der Waals surface area contributed by atoms with Crippen molar-refractivity contribution >= 4 is 11.7 Å². The van der Waals surface area contributed by atoms with Gasteiger partial charge in [-0.25, -0.2) is 0 Å². The van der Waals surface area contributed by atoms with E-state index in [9.17, 15) is 9.59 Å². The number of Topliss-reactive ketones (excluding diaryl/α,β-unsaturated/α-hetero) is 1. The molecule has 0 aromatic carbocycles. The van der Waals surface area contributed by atoms with Crippen molar-refractivity contribution in [1.29, 1.82) is 0 Å². The van der Waals surface area contributed by atoms with Gasteiger partial charge in [-0.15, -0.1) is 0 Å². The van der Waals surface area contributed by atoms with Crippen LogP contribution in [-0.4, -0.2) is 42.3 Å². The van der Waals surface area contributed by atoms with E-state index in [2.05, 4.69) is 24.1 Å². The topological polar surface area (TPSA) is 49.4 Å². The van der Waals surface area contributed by atoms with Crippen LogP contribution in [0.1, 0.15) is 34.1 Å². The van der Waals surface area contributed by atoms with Crippen LogP contribution in [0.3, 0.4) is 0 Å². The number of likely N-dealkylation sites (tertiary alicyclic amines) is 1. The van der Waals surface area contributed by atoms with Crippen molar-refractivity contribution in [1.82, 2.24) is 10.2 Å². The predicted molar refractivity (Wildman–Crippen MR) is 67.7 cm³/mol. The van der Waals surface area contributed by atoms with Crippen LogP contribution in [0.5, 0.6) is 0 Å². The molecule has 4 nitrogen and oxygen atoms in total. The first-order chi connectivity index (χ1) is 7.91. The Hall–Kier alpha value is -0.900. The van der Waals surface area contributed by atoms with Crippen LogP contribution < -0.4 is 5.32 Å². The summed E-state index contributed by atoms with van der Waals surface area (Å²) in [5, 5.41) is 2.94. The minimum Gasteiger partial charge on any atom is -0.354 e. The molecule has 4 heteroatoms. The highest BCUT2D eigenvalue weighted by atomic mass is 16.2.